The van der Waals surface area contributed by atoms with Gasteiger partial charge in [-0.1, -0.05) is 12.1 Å². The number of anilines is 4. The molecule has 0 bridgehead atoms. The molecule has 4 N–H and O–H groups in total. The number of benzene rings is 1. The van der Waals surface area contributed by atoms with Crippen molar-refractivity contribution in [2.45, 2.75) is 6.92 Å². The Labute approximate surface area is 128 Å². The van der Waals surface area contributed by atoms with Crippen LogP contribution in [-0.4, -0.2) is 41.3 Å². The second kappa shape index (κ2) is 6.54. The molecule has 1 aliphatic heterocycles. The van der Waals surface area contributed by atoms with E-state index in [2.05, 4.69) is 25.7 Å². The van der Waals surface area contributed by atoms with Crippen molar-refractivity contribution in [3.8, 4) is 0 Å². The molecule has 0 saturated carbocycles. The highest BCUT2D eigenvalue weighted by molar-refractivity contribution is 5.56. The fraction of sp³-hybridized carbons (Fsp3) is 0.357. The maximum Gasteiger partial charge on any atom is 0.243 e. The van der Waals surface area contributed by atoms with E-state index in [0.717, 1.165) is 24.3 Å². The van der Waals surface area contributed by atoms with Gasteiger partial charge in [-0.2, -0.15) is 15.0 Å². The fourth-order valence-corrected chi connectivity index (χ4v) is 2.24. The van der Waals surface area contributed by atoms with Crippen molar-refractivity contribution in [1.82, 2.24) is 15.0 Å². The van der Waals surface area contributed by atoms with Crippen LogP contribution >= 0.6 is 0 Å². The first-order valence-electron chi connectivity index (χ1n) is 7.14. The monoisotopic (exact) mass is 301 g/mol. The number of aryl methyl sites for hydroxylation is 1. The number of morpholine rings is 1. The van der Waals surface area contributed by atoms with Gasteiger partial charge in [0.2, 0.25) is 17.8 Å². The van der Waals surface area contributed by atoms with Gasteiger partial charge in [0.05, 0.1) is 13.2 Å². The Bertz CT molecular complexity index is 643. The summed E-state index contributed by atoms with van der Waals surface area (Å²) in [6, 6.07) is 7.99. The smallest absolute Gasteiger partial charge is 0.243 e. The van der Waals surface area contributed by atoms with Crippen molar-refractivity contribution in [3.63, 3.8) is 0 Å². The third kappa shape index (κ3) is 3.41. The topological polar surface area (TPSA) is 101 Å². The molecule has 116 valence electrons. The molecule has 0 amide bonds. The SMILES string of the molecule is Cc1cccc(Nc2nc(NN)nc(N3CCOCC3)n2)c1. The number of ether oxygens (including phenoxy) is 1. The van der Waals surface area contributed by atoms with E-state index in [-0.39, 0.29) is 0 Å². The van der Waals surface area contributed by atoms with Crippen molar-refractivity contribution in [2.75, 3.05) is 41.9 Å². The van der Waals surface area contributed by atoms with Crippen LogP contribution in [0, 0.1) is 6.92 Å². The average molecular weight is 301 g/mol. The Morgan fingerprint density at radius 3 is 2.64 bits per heavy atom. The third-order valence-corrected chi connectivity index (χ3v) is 3.32. The molecule has 22 heavy (non-hydrogen) atoms. The zero-order valence-electron chi connectivity index (χ0n) is 12.4. The quantitative estimate of drug-likeness (QED) is 0.569. The second-order valence-corrected chi connectivity index (χ2v) is 5.02. The first-order valence-corrected chi connectivity index (χ1v) is 7.14. The minimum absolute atomic E-state index is 0.326. The number of nitrogens with two attached hydrogens (primary N) is 1. The van der Waals surface area contributed by atoms with Crippen molar-refractivity contribution >= 4 is 23.5 Å². The summed E-state index contributed by atoms with van der Waals surface area (Å²) >= 11 is 0. The summed E-state index contributed by atoms with van der Waals surface area (Å²) in [5, 5.41) is 3.18. The Morgan fingerprint density at radius 2 is 1.91 bits per heavy atom. The zero-order valence-corrected chi connectivity index (χ0v) is 12.4. The first kappa shape index (κ1) is 14.5. The van der Waals surface area contributed by atoms with Crippen molar-refractivity contribution in [3.05, 3.63) is 29.8 Å². The Balaban J connectivity index is 1.86. The average Bonchev–Trinajstić information content (AvgIpc) is 2.55. The van der Waals surface area contributed by atoms with Gasteiger partial charge in [-0.3, -0.25) is 5.43 Å². The van der Waals surface area contributed by atoms with Crippen LogP contribution in [0.1, 0.15) is 5.56 Å². The lowest BCUT2D eigenvalue weighted by molar-refractivity contribution is 0.122. The lowest BCUT2D eigenvalue weighted by Crippen LogP contribution is -2.37. The number of nitrogens with zero attached hydrogens (tertiary/aromatic N) is 4. The molecule has 1 aliphatic rings. The largest absolute Gasteiger partial charge is 0.378 e. The lowest BCUT2D eigenvalue weighted by atomic mass is 10.2. The van der Waals surface area contributed by atoms with Gasteiger partial charge < -0.3 is 15.0 Å². The van der Waals surface area contributed by atoms with Crippen molar-refractivity contribution in [2.24, 2.45) is 5.84 Å². The number of hydrazine groups is 1. The van der Waals surface area contributed by atoms with E-state index in [1.165, 1.54) is 0 Å². The van der Waals surface area contributed by atoms with Gasteiger partial charge in [0.1, 0.15) is 0 Å². The zero-order chi connectivity index (χ0) is 15.4. The molecule has 1 aromatic carbocycles. The van der Waals surface area contributed by atoms with Crippen LogP contribution in [0.3, 0.4) is 0 Å². The van der Waals surface area contributed by atoms with Crippen LogP contribution in [0.4, 0.5) is 23.5 Å². The van der Waals surface area contributed by atoms with Crippen LogP contribution in [0.5, 0.6) is 0 Å². The standard InChI is InChI=1S/C14H19N7O/c1-10-3-2-4-11(9-10)16-12-17-13(20-15)19-14(18-12)21-5-7-22-8-6-21/h2-4,9H,5-8,15H2,1H3,(H2,16,17,18,19,20). The van der Waals surface area contributed by atoms with E-state index in [1.54, 1.807) is 0 Å². The maximum atomic E-state index is 5.46. The van der Waals surface area contributed by atoms with Crippen molar-refractivity contribution in [1.29, 1.82) is 0 Å². The van der Waals surface area contributed by atoms with E-state index in [0.29, 0.717) is 31.1 Å². The molecule has 1 saturated heterocycles. The third-order valence-electron chi connectivity index (χ3n) is 3.32. The van der Waals surface area contributed by atoms with E-state index < -0.39 is 0 Å². The molecule has 0 aliphatic carbocycles. The number of nitrogen functional groups attached to an aromatic ring is 1. The van der Waals surface area contributed by atoms with Gasteiger partial charge in [0.15, 0.2) is 0 Å². The number of aromatic nitrogens is 3. The molecular formula is C14H19N7O. The summed E-state index contributed by atoms with van der Waals surface area (Å²) in [6.45, 7) is 4.86. The predicted molar refractivity (Wildman–Crippen MR) is 85.1 cm³/mol. The predicted octanol–water partition coefficient (Wildman–Crippen LogP) is 1.05. The molecule has 2 heterocycles. The van der Waals surface area contributed by atoms with Crippen LogP contribution in [0.15, 0.2) is 24.3 Å². The number of nitrogens with one attached hydrogen (secondary N) is 2. The fourth-order valence-electron chi connectivity index (χ4n) is 2.24. The molecular weight excluding hydrogens is 282 g/mol. The summed E-state index contributed by atoms with van der Waals surface area (Å²) in [7, 11) is 0. The van der Waals surface area contributed by atoms with Gasteiger partial charge in [0, 0.05) is 18.8 Å². The minimum Gasteiger partial charge on any atom is -0.378 e. The van der Waals surface area contributed by atoms with Crippen LogP contribution in [0.2, 0.25) is 0 Å². The lowest BCUT2D eigenvalue weighted by Gasteiger charge is -2.27. The van der Waals surface area contributed by atoms with E-state index >= 15 is 0 Å². The van der Waals surface area contributed by atoms with Gasteiger partial charge in [0.25, 0.3) is 0 Å². The number of hydrogen-bond donors (Lipinski definition) is 3. The molecule has 1 fully saturated rings. The molecule has 2 aromatic rings. The number of rotatable bonds is 4. The Hall–Kier alpha value is -2.45. The van der Waals surface area contributed by atoms with Gasteiger partial charge in [-0.25, -0.2) is 5.84 Å². The van der Waals surface area contributed by atoms with Crippen LogP contribution in [0.25, 0.3) is 0 Å². The summed E-state index contributed by atoms with van der Waals surface area (Å²) in [4.78, 5) is 15.1. The van der Waals surface area contributed by atoms with Gasteiger partial charge in [-0.05, 0) is 24.6 Å². The molecule has 0 unspecified atom stereocenters. The molecule has 8 nitrogen and oxygen atoms in total. The molecule has 0 atom stereocenters. The summed E-state index contributed by atoms with van der Waals surface area (Å²) in [6.07, 6.45) is 0. The molecule has 0 radical (unpaired) electrons. The highest BCUT2D eigenvalue weighted by Crippen LogP contribution is 2.18. The van der Waals surface area contributed by atoms with E-state index in [4.69, 9.17) is 10.6 Å². The van der Waals surface area contributed by atoms with Crippen LogP contribution < -0.4 is 21.5 Å². The molecule has 8 heteroatoms. The summed E-state index contributed by atoms with van der Waals surface area (Å²) < 4.78 is 5.35. The van der Waals surface area contributed by atoms with Crippen LogP contribution in [-0.2, 0) is 4.74 Å². The highest BCUT2D eigenvalue weighted by Gasteiger charge is 2.16. The normalized spacial score (nSPS) is 14.7. The Kier molecular flexibility index (Phi) is 4.31. The van der Waals surface area contributed by atoms with Gasteiger partial charge in [-0.15, -0.1) is 0 Å². The Morgan fingerprint density at radius 1 is 1.14 bits per heavy atom. The van der Waals surface area contributed by atoms with E-state index in [9.17, 15) is 0 Å². The summed E-state index contributed by atoms with van der Waals surface area (Å²) in [5.41, 5.74) is 4.56. The molecule has 3 rings (SSSR count). The highest BCUT2D eigenvalue weighted by atomic mass is 16.5. The second-order valence-electron chi connectivity index (χ2n) is 5.02. The molecule has 1 aromatic heterocycles. The van der Waals surface area contributed by atoms with Crippen molar-refractivity contribution < 1.29 is 4.74 Å². The van der Waals surface area contributed by atoms with E-state index in [1.807, 2.05) is 36.1 Å². The molecule has 0 spiro atoms. The number of hydrogen-bond acceptors (Lipinski definition) is 8. The van der Waals surface area contributed by atoms with Gasteiger partial charge >= 0.3 is 0 Å². The maximum absolute atomic E-state index is 5.46. The minimum atomic E-state index is 0.326. The summed E-state index contributed by atoms with van der Waals surface area (Å²) in [5.74, 6) is 6.82. The first-order chi connectivity index (χ1) is 10.7.